The number of nitrogens with zero attached hydrogens (tertiary/aromatic N) is 2. The molecule has 3 N–H and O–H groups in total. The normalized spacial score (nSPS) is 10.3. The van der Waals surface area contributed by atoms with Gasteiger partial charge in [0, 0.05) is 11.1 Å². The quantitative estimate of drug-likeness (QED) is 0.852. The maximum Gasteiger partial charge on any atom is 0.126 e. The number of thiazole rings is 1. The highest BCUT2D eigenvalue weighted by molar-refractivity contribution is 7.11. The number of hydrogen-bond donors (Lipinski definition) is 2. The standard InChI is InChI=1S/C11H14N4S/c1-2-9-6-15-11(16-9)7-14-10-4-3-8(12)5-13-10/h3-6H,2,7,12H2,1H3,(H,13,14). The van der Waals surface area contributed by atoms with Crippen molar-refractivity contribution in [1.82, 2.24) is 9.97 Å². The average Bonchev–Trinajstić information content (AvgIpc) is 2.76. The topological polar surface area (TPSA) is 63.8 Å². The highest BCUT2D eigenvalue weighted by atomic mass is 32.1. The molecule has 16 heavy (non-hydrogen) atoms. The molecule has 0 bridgehead atoms. The van der Waals surface area contributed by atoms with Crippen LogP contribution in [0, 0.1) is 0 Å². The molecular formula is C11H14N4S. The van der Waals surface area contributed by atoms with E-state index in [0.717, 1.165) is 17.2 Å². The van der Waals surface area contributed by atoms with Gasteiger partial charge in [-0.3, -0.25) is 0 Å². The van der Waals surface area contributed by atoms with Crippen molar-refractivity contribution >= 4 is 22.8 Å². The zero-order chi connectivity index (χ0) is 11.4. The second-order valence-corrected chi connectivity index (χ2v) is 4.60. The van der Waals surface area contributed by atoms with E-state index in [1.807, 2.05) is 18.3 Å². The Kier molecular flexibility index (Phi) is 3.36. The summed E-state index contributed by atoms with van der Waals surface area (Å²) in [5.41, 5.74) is 6.23. The monoisotopic (exact) mass is 234 g/mol. The van der Waals surface area contributed by atoms with Gasteiger partial charge in [0.25, 0.3) is 0 Å². The van der Waals surface area contributed by atoms with Gasteiger partial charge < -0.3 is 11.1 Å². The maximum atomic E-state index is 5.55. The number of nitrogens with two attached hydrogens (primary N) is 1. The summed E-state index contributed by atoms with van der Waals surface area (Å²) in [4.78, 5) is 9.79. The van der Waals surface area contributed by atoms with Gasteiger partial charge in [0.1, 0.15) is 10.8 Å². The number of nitrogens with one attached hydrogen (secondary N) is 1. The lowest BCUT2D eigenvalue weighted by molar-refractivity contribution is 1.07. The van der Waals surface area contributed by atoms with Crippen LogP contribution in [0.2, 0.25) is 0 Å². The first-order chi connectivity index (χ1) is 7.78. The molecule has 2 heterocycles. The molecule has 0 aromatic carbocycles. The molecule has 0 unspecified atom stereocenters. The highest BCUT2D eigenvalue weighted by Crippen LogP contribution is 2.15. The fourth-order valence-electron chi connectivity index (χ4n) is 1.27. The molecule has 0 amide bonds. The molecule has 5 heteroatoms. The molecule has 2 aromatic rings. The van der Waals surface area contributed by atoms with Gasteiger partial charge in [-0.25, -0.2) is 9.97 Å². The van der Waals surface area contributed by atoms with E-state index in [-0.39, 0.29) is 0 Å². The molecule has 0 aliphatic carbocycles. The van der Waals surface area contributed by atoms with Gasteiger partial charge in [-0.1, -0.05) is 6.92 Å². The lowest BCUT2D eigenvalue weighted by Gasteiger charge is -2.02. The molecule has 0 spiro atoms. The third-order valence-electron chi connectivity index (χ3n) is 2.16. The van der Waals surface area contributed by atoms with E-state index in [1.165, 1.54) is 4.88 Å². The van der Waals surface area contributed by atoms with E-state index in [1.54, 1.807) is 17.5 Å². The van der Waals surface area contributed by atoms with E-state index in [2.05, 4.69) is 22.2 Å². The number of rotatable bonds is 4. The summed E-state index contributed by atoms with van der Waals surface area (Å²) in [6.07, 6.45) is 4.61. The Balaban J connectivity index is 1.94. The van der Waals surface area contributed by atoms with E-state index in [9.17, 15) is 0 Å². The Labute approximate surface area is 98.6 Å². The smallest absolute Gasteiger partial charge is 0.126 e. The average molecular weight is 234 g/mol. The second kappa shape index (κ2) is 4.94. The second-order valence-electron chi connectivity index (χ2n) is 3.40. The van der Waals surface area contributed by atoms with E-state index in [4.69, 9.17) is 5.73 Å². The number of hydrogen-bond acceptors (Lipinski definition) is 5. The van der Waals surface area contributed by atoms with Crippen molar-refractivity contribution in [3.63, 3.8) is 0 Å². The van der Waals surface area contributed by atoms with Crippen LogP contribution >= 0.6 is 11.3 Å². The van der Waals surface area contributed by atoms with Gasteiger partial charge in [-0.2, -0.15) is 0 Å². The molecule has 2 aromatic heterocycles. The summed E-state index contributed by atoms with van der Waals surface area (Å²) in [5, 5.41) is 4.29. The number of nitrogen functional groups attached to an aromatic ring is 1. The van der Waals surface area contributed by atoms with Crippen LogP contribution in [0.1, 0.15) is 16.8 Å². The third-order valence-corrected chi connectivity index (χ3v) is 3.30. The van der Waals surface area contributed by atoms with E-state index in [0.29, 0.717) is 12.2 Å². The van der Waals surface area contributed by atoms with Crippen molar-refractivity contribution < 1.29 is 0 Å². The Morgan fingerprint density at radius 3 is 2.81 bits per heavy atom. The zero-order valence-electron chi connectivity index (χ0n) is 9.10. The fraction of sp³-hybridized carbons (Fsp3) is 0.273. The van der Waals surface area contributed by atoms with Crippen molar-refractivity contribution in [3.8, 4) is 0 Å². The van der Waals surface area contributed by atoms with Crippen LogP contribution in [0.3, 0.4) is 0 Å². The molecule has 0 aliphatic rings. The first-order valence-corrected chi connectivity index (χ1v) is 5.98. The summed E-state index contributed by atoms with van der Waals surface area (Å²) in [6, 6.07) is 3.69. The number of aromatic nitrogens is 2. The van der Waals surface area contributed by atoms with Crippen molar-refractivity contribution in [2.45, 2.75) is 19.9 Å². The van der Waals surface area contributed by atoms with Crippen molar-refractivity contribution in [1.29, 1.82) is 0 Å². The Bertz CT molecular complexity index is 449. The van der Waals surface area contributed by atoms with Crippen LogP contribution in [-0.2, 0) is 13.0 Å². The van der Waals surface area contributed by atoms with Gasteiger partial charge in [0.15, 0.2) is 0 Å². The first-order valence-electron chi connectivity index (χ1n) is 5.17. The van der Waals surface area contributed by atoms with Crippen LogP contribution in [0.15, 0.2) is 24.5 Å². The molecule has 2 rings (SSSR count). The predicted molar refractivity (Wildman–Crippen MR) is 67.5 cm³/mol. The molecule has 4 nitrogen and oxygen atoms in total. The first kappa shape index (κ1) is 10.9. The largest absolute Gasteiger partial charge is 0.397 e. The summed E-state index contributed by atoms with van der Waals surface area (Å²) in [7, 11) is 0. The Morgan fingerprint density at radius 1 is 1.31 bits per heavy atom. The van der Waals surface area contributed by atoms with Crippen LogP contribution in [0.5, 0.6) is 0 Å². The summed E-state index contributed by atoms with van der Waals surface area (Å²) in [6.45, 7) is 2.84. The minimum absolute atomic E-state index is 0.674. The summed E-state index contributed by atoms with van der Waals surface area (Å²) in [5.74, 6) is 0.822. The lowest BCUT2D eigenvalue weighted by atomic mass is 10.4. The molecule has 0 fully saturated rings. The van der Waals surface area contributed by atoms with Crippen LogP contribution in [-0.4, -0.2) is 9.97 Å². The molecule has 0 aliphatic heterocycles. The molecule has 0 radical (unpaired) electrons. The van der Waals surface area contributed by atoms with Crippen molar-refractivity contribution in [2.24, 2.45) is 0 Å². The third kappa shape index (κ3) is 2.70. The van der Waals surface area contributed by atoms with Crippen LogP contribution in [0.25, 0.3) is 0 Å². The van der Waals surface area contributed by atoms with Crippen molar-refractivity contribution in [3.05, 3.63) is 34.4 Å². The minimum Gasteiger partial charge on any atom is -0.397 e. The number of anilines is 2. The minimum atomic E-state index is 0.674. The molecule has 0 saturated carbocycles. The lowest BCUT2D eigenvalue weighted by Crippen LogP contribution is -2.00. The van der Waals surface area contributed by atoms with Gasteiger partial charge >= 0.3 is 0 Å². The molecule has 0 saturated heterocycles. The van der Waals surface area contributed by atoms with Gasteiger partial charge in [0.05, 0.1) is 18.4 Å². The Morgan fingerprint density at radius 2 is 2.19 bits per heavy atom. The number of pyridine rings is 1. The van der Waals surface area contributed by atoms with Gasteiger partial charge in [-0.05, 0) is 18.6 Å². The molecule has 0 atom stereocenters. The zero-order valence-corrected chi connectivity index (χ0v) is 9.92. The highest BCUT2D eigenvalue weighted by Gasteiger charge is 2.00. The van der Waals surface area contributed by atoms with Gasteiger partial charge in [0.2, 0.25) is 0 Å². The fourth-order valence-corrected chi connectivity index (χ4v) is 2.07. The summed E-state index contributed by atoms with van der Waals surface area (Å²) >= 11 is 1.73. The predicted octanol–water partition coefficient (Wildman–Crippen LogP) is 2.29. The number of aryl methyl sites for hydroxylation is 1. The maximum absolute atomic E-state index is 5.55. The van der Waals surface area contributed by atoms with Crippen LogP contribution < -0.4 is 11.1 Å². The van der Waals surface area contributed by atoms with Crippen LogP contribution in [0.4, 0.5) is 11.5 Å². The molecule has 84 valence electrons. The summed E-state index contributed by atoms with van der Waals surface area (Å²) < 4.78 is 0. The SMILES string of the molecule is CCc1cnc(CNc2ccc(N)cn2)s1. The van der Waals surface area contributed by atoms with E-state index >= 15 is 0 Å². The Hall–Kier alpha value is -1.62. The molecular weight excluding hydrogens is 220 g/mol. The van der Waals surface area contributed by atoms with E-state index < -0.39 is 0 Å². The van der Waals surface area contributed by atoms with Crippen molar-refractivity contribution in [2.75, 3.05) is 11.1 Å². The van der Waals surface area contributed by atoms with Gasteiger partial charge in [-0.15, -0.1) is 11.3 Å².